The highest BCUT2D eigenvalue weighted by atomic mass is 16.3. The summed E-state index contributed by atoms with van der Waals surface area (Å²) >= 11 is 0. The molecule has 1 saturated heterocycles. The number of furan rings is 1. The molecular formula is C16H17NO3. The molecule has 1 aliphatic heterocycles. The topological polar surface area (TPSA) is 53.7 Å². The second-order valence-electron chi connectivity index (χ2n) is 5.08. The van der Waals surface area contributed by atoms with Crippen LogP contribution < -0.4 is 0 Å². The number of piperidine rings is 1. The van der Waals surface area contributed by atoms with Crippen LogP contribution in [-0.2, 0) is 4.79 Å². The zero-order valence-electron chi connectivity index (χ0n) is 11.2. The molecule has 104 valence electrons. The van der Waals surface area contributed by atoms with E-state index in [1.54, 1.807) is 11.0 Å². The molecule has 1 aliphatic rings. The maximum absolute atomic E-state index is 12.0. The van der Waals surface area contributed by atoms with Gasteiger partial charge in [-0.1, -0.05) is 18.2 Å². The van der Waals surface area contributed by atoms with Gasteiger partial charge in [-0.15, -0.1) is 0 Å². The molecule has 2 heterocycles. The van der Waals surface area contributed by atoms with E-state index in [1.807, 2.05) is 30.3 Å². The van der Waals surface area contributed by atoms with Crippen molar-refractivity contribution in [2.45, 2.75) is 18.9 Å². The van der Waals surface area contributed by atoms with Crippen molar-refractivity contribution in [3.63, 3.8) is 0 Å². The summed E-state index contributed by atoms with van der Waals surface area (Å²) in [5, 5.41) is 10.5. The highest BCUT2D eigenvalue weighted by Crippen LogP contribution is 2.20. The molecule has 1 aromatic heterocycles. The van der Waals surface area contributed by atoms with Gasteiger partial charge in [0.25, 0.3) is 0 Å². The first kappa shape index (κ1) is 12.9. The molecule has 1 N–H and O–H groups in total. The molecule has 1 amide bonds. The lowest BCUT2D eigenvalue weighted by Crippen LogP contribution is -2.39. The Morgan fingerprint density at radius 3 is 2.80 bits per heavy atom. The second kappa shape index (κ2) is 5.51. The van der Waals surface area contributed by atoms with Crippen LogP contribution >= 0.6 is 0 Å². The number of likely N-dealkylation sites (tertiary alicyclic amines) is 1. The molecule has 0 atom stereocenters. The number of para-hydroxylation sites is 1. The van der Waals surface area contributed by atoms with Gasteiger partial charge in [0.1, 0.15) is 11.3 Å². The molecule has 2 aromatic rings. The molecule has 20 heavy (non-hydrogen) atoms. The van der Waals surface area contributed by atoms with Gasteiger partial charge in [-0.3, -0.25) is 4.79 Å². The number of carbonyl (C=O) groups is 1. The van der Waals surface area contributed by atoms with Crippen LogP contribution in [0.25, 0.3) is 17.0 Å². The number of carbonyl (C=O) groups excluding carboxylic acids is 1. The van der Waals surface area contributed by atoms with E-state index in [2.05, 4.69) is 0 Å². The molecular weight excluding hydrogens is 254 g/mol. The fraction of sp³-hybridized carbons (Fsp3) is 0.312. The van der Waals surface area contributed by atoms with Crippen molar-refractivity contribution >= 4 is 23.0 Å². The summed E-state index contributed by atoms with van der Waals surface area (Å²) in [5.74, 6) is 0.647. The van der Waals surface area contributed by atoms with Crippen molar-refractivity contribution < 1.29 is 14.3 Å². The Morgan fingerprint density at radius 1 is 1.30 bits per heavy atom. The number of fused-ring (bicyclic) bond motifs is 1. The average molecular weight is 271 g/mol. The van der Waals surface area contributed by atoms with Crippen LogP contribution in [0, 0.1) is 0 Å². The molecule has 0 radical (unpaired) electrons. The first-order chi connectivity index (χ1) is 9.72. The van der Waals surface area contributed by atoms with Gasteiger partial charge in [0.05, 0.1) is 6.10 Å². The third kappa shape index (κ3) is 2.75. The van der Waals surface area contributed by atoms with Crippen LogP contribution in [0.4, 0.5) is 0 Å². The molecule has 1 fully saturated rings. The zero-order valence-corrected chi connectivity index (χ0v) is 11.2. The summed E-state index contributed by atoms with van der Waals surface area (Å²) in [7, 11) is 0. The Morgan fingerprint density at radius 2 is 2.05 bits per heavy atom. The van der Waals surface area contributed by atoms with Gasteiger partial charge >= 0.3 is 0 Å². The van der Waals surface area contributed by atoms with E-state index in [0.717, 1.165) is 11.0 Å². The third-order valence-corrected chi connectivity index (χ3v) is 3.61. The number of benzene rings is 1. The van der Waals surface area contributed by atoms with Crippen molar-refractivity contribution in [1.29, 1.82) is 0 Å². The molecule has 0 spiro atoms. The van der Waals surface area contributed by atoms with Crippen molar-refractivity contribution in [3.8, 4) is 0 Å². The number of hydrogen-bond acceptors (Lipinski definition) is 3. The lowest BCUT2D eigenvalue weighted by Gasteiger charge is -2.28. The Balaban J connectivity index is 1.68. The fourth-order valence-electron chi connectivity index (χ4n) is 2.43. The molecule has 0 unspecified atom stereocenters. The normalized spacial score (nSPS) is 17.1. The van der Waals surface area contributed by atoms with Crippen LogP contribution in [0.2, 0.25) is 0 Å². The number of rotatable bonds is 2. The number of nitrogens with zero attached hydrogens (tertiary/aromatic N) is 1. The predicted molar refractivity (Wildman–Crippen MR) is 77.1 cm³/mol. The second-order valence-corrected chi connectivity index (χ2v) is 5.08. The third-order valence-electron chi connectivity index (χ3n) is 3.61. The van der Waals surface area contributed by atoms with Gasteiger partial charge in [-0.25, -0.2) is 0 Å². The predicted octanol–water partition coefficient (Wildman–Crippen LogP) is 2.43. The average Bonchev–Trinajstić information content (AvgIpc) is 2.88. The standard InChI is InChI=1S/C16H17NO3/c18-13-7-9-17(10-8-13)16(19)6-5-14-11-12-3-1-2-4-15(12)20-14/h1-6,11,13,18H,7-10H2/b6-5+. The summed E-state index contributed by atoms with van der Waals surface area (Å²) in [6, 6.07) is 9.67. The molecule has 1 aromatic carbocycles. The summed E-state index contributed by atoms with van der Waals surface area (Å²) < 4.78 is 5.63. The van der Waals surface area contributed by atoms with Crippen LogP contribution in [0.3, 0.4) is 0 Å². The minimum Gasteiger partial charge on any atom is -0.457 e. The van der Waals surface area contributed by atoms with Crippen molar-refractivity contribution in [2.24, 2.45) is 0 Å². The van der Waals surface area contributed by atoms with Gasteiger partial charge in [0, 0.05) is 24.6 Å². The largest absolute Gasteiger partial charge is 0.457 e. The monoisotopic (exact) mass is 271 g/mol. The highest BCUT2D eigenvalue weighted by Gasteiger charge is 2.19. The summed E-state index contributed by atoms with van der Waals surface area (Å²) in [6.45, 7) is 1.23. The van der Waals surface area contributed by atoms with Gasteiger partial charge in [-0.05, 0) is 31.1 Å². The van der Waals surface area contributed by atoms with E-state index in [1.165, 1.54) is 6.08 Å². The Labute approximate surface area is 117 Å². The van der Waals surface area contributed by atoms with Crippen molar-refractivity contribution in [1.82, 2.24) is 4.90 Å². The summed E-state index contributed by atoms with van der Waals surface area (Å²) in [4.78, 5) is 13.8. The molecule has 0 aliphatic carbocycles. The number of aliphatic hydroxyl groups excluding tert-OH is 1. The number of hydrogen-bond donors (Lipinski definition) is 1. The number of aliphatic hydroxyl groups is 1. The minimum absolute atomic E-state index is 0.0302. The smallest absolute Gasteiger partial charge is 0.246 e. The molecule has 3 rings (SSSR count). The van der Waals surface area contributed by atoms with E-state index in [9.17, 15) is 9.90 Å². The van der Waals surface area contributed by atoms with E-state index in [0.29, 0.717) is 31.7 Å². The van der Waals surface area contributed by atoms with Crippen LogP contribution in [0.15, 0.2) is 40.8 Å². The van der Waals surface area contributed by atoms with Crippen molar-refractivity contribution in [3.05, 3.63) is 42.2 Å². The molecule has 0 saturated carbocycles. The maximum Gasteiger partial charge on any atom is 0.246 e. The minimum atomic E-state index is -0.265. The molecule has 4 heteroatoms. The maximum atomic E-state index is 12.0. The van der Waals surface area contributed by atoms with Gasteiger partial charge in [-0.2, -0.15) is 0 Å². The summed E-state index contributed by atoms with van der Waals surface area (Å²) in [5.41, 5.74) is 0.820. The molecule has 4 nitrogen and oxygen atoms in total. The lowest BCUT2D eigenvalue weighted by atomic mass is 10.1. The SMILES string of the molecule is O=C(/C=C/c1cc2ccccc2o1)N1CCC(O)CC1. The van der Waals surface area contributed by atoms with E-state index >= 15 is 0 Å². The van der Waals surface area contributed by atoms with Crippen LogP contribution in [0.1, 0.15) is 18.6 Å². The Hall–Kier alpha value is -2.07. The molecule has 0 bridgehead atoms. The first-order valence-electron chi connectivity index (χ1n) is 6.86. The van der Waals surface area contributed by atoms with Crippen LogP contribution in [0.5, 0.6) is 0 Å². The van der Waals surface area contributed by atoms with Gasteiger partial charge in [0.15, 0.2) is 0 Å². The highest BCUT2D eigenvalue weighted by molar-refractivity contribution is 5.92. The van der Waals surface area contributed by atoms with E-state index in [-0.39, 0.29) is 12.0 Å². The fourth-order valence-corrected chi connectivity index (χ4v) is 2.43. The Kier molecular flexibility index (Phi) is 3.56. The van der Waals surface area contributed by atoms with Crippen LogP contribution in [-0.4, -0.2) is 35.1 Å². The zero-order chi connectivity index (χ0) is 13.9. The Bertz CT molecular complexity index is 603. The van der Waals surface area contributed by atoms with E-state index in [4.69, 9.17) is 4.42 Å². The quantitative estimate of drug-likeness (QED) is 0.853. The first-order valence-corrected chi connectivity index (χ1v) is 6.86. The van der Waals surface area contributed by atoms with Gasteiger partial charge in [0.2, 0.25) is 5.91 Å². The number of amides is 1. The van der Waals surface area contributed by atoms with Crippen molar-refractivity contribution in [2.75, 3.05) is 13.1 Å². The summed E-state index contributed by atoms with van der Waals surface area (Å²) in [6.07, 6.45) is 4.29. The van der Waals surface area contributed by atoms with Gasteiger partial charge < -0.3 is 14.4 Å². The van der Waals surface area contributed by atoms with E-state index < -0.39 is 0 Å². The lowest BCUT2D eigenvalue weighted by molar-refractivity contribution is -0.127.